The Morgan fingerprint density at radius 3 is 1.94 bits per heavy atom. The summed E-state index contributed by atoms with van der Waals surface area (Å²) in [5.41, 5.74) is 17.7. The molecule has 53 heavy (non-hydrogen) atoms. The van der Waals surface area contributed by atoms with Gasteiger partial charge in [-0.15, -0.1) is 11.3 Å². The maximum Gasteiger partial charge on any atom is 0.0554 e. The predicted octanol–water partition coefficient (Wildman–Crippen LogP) is 14.7. The van der Waals surface area contributed by atoms with Gasteiger partial charge in [-0.3, -0.25) is 0 Å². The zero-order valence-electron chi connectivity index (χ0n) is 30.3. The quantitative estimate of drug-likeness (QED) is 0.177. The monoisotopic (exact) mass is 699 g/mol. The fraction of sp³-hybridized carbons (Fsp3) is 0.176. The Bertz CT molecular complexity index is 2740. The highest BCUT2D eigenvalue weighted by Crippen LogP contribution is 2.57. The average Bonchev–Trinajstić information content (AvgIpc) is 3.80. The lowest BCUT2D eigenvalue weighted by Gasteiger charge is -2.36. The number of rotatable bonds is 4. The van der Waals surface area contributed by atoms with Crippen molar-refractivity contribution in [1.29, 1.82) is 0 Å². The molecule has 0 amide bonds. The molecule has 1 spiro atoms. The van der Waals surface area contributed by atoms with E-state index in [0.29, 0.717) is 0 Å². The summed E-state index contributed by atoms with van der Waals surface area (Å²) in [5.74, 6) is 0. The van der Waals surface area contributed by atoms with Crippen LogP contribution in [0.5, 0.6) is 0 Å². The summed E-state index contributed by atoms with van der Waals surface area (Å²) in [4.78, 5) is 2.54. The molecule has 1 saturated carbocycles. The van der Waals surface area contributed by atoms with Gasteiger partial charge < -0.3 is 4.90 Å². The second kappa shape index (κ2) is 11.5. The Morgan fingerprint density at radius 1 is 0.491 bits per heavy atom. The third-order valence-electron chi connectivity index (χ3n) is 12.9. The largest absolute Gasteiger partial charge is 0.310 e. The van der Waals surface area contributed by atoms with E-state index >= 15 is 0 Å². The van der Waals surface area contributed by atoms with Crippen molar-refractivity contribution in [3.8, 4) is 33.4 Å². The molecule has 0 aliphatic heterocycles. The molecule has 11 rings (SSSR count). The van der Waals surface area contributed by atoms with Crippen LogP contribution in [0.15, 0.2) is 152 Å². The van der Waals surface area contributed by atoms with Gasteiger partial charge in [0.05, 0.1) is 5.69 Å². The van der Waals surface area contributed by atoms with E-state index in [-0.39, 0.29) is 10.8 Å². The first kappa shape index (κ1) is 31.1. The molecule has 1 nitrogen and oxygen atoms in total. The van der Waals surface area contributed by atoms with Gasteiger partial charge >= 0.3 is 0 Å². The number of benzene rings is 7. The topological polar surface area (TPSA) is 3.24 Å². The fourth-order valence-corrected chi connectivity index (χ4v) is 11.7. The van der Waals surface area contributed by atoms with Crippen molar-refractivity contribution < 1.29 is 0 Å². The molecule has 3 aliphatic rings. The van der Waals surface area contributed by atoms with Crippen LogP contribution in [0, 0.1) is 0 Å². The summed E-state index contributed by atoms with van der Waals surface area (Å²) >= 11 is 1.89. The molecule has 0 atom stereocenters. The molecule has 1 heterocycles. The number of hydrogen-bond donors (Lipinski definition) is 0. The molecule has 0 unspecified atom stereocenters. The molecule has 8 aromatic rings. The molecule has 0 saturated heterocycles. The molecular weight excluding hydrogens is 659 g/mol. The molecular formula is C51H41NS. The first-order valence-electron chi connectivity index (χ1n) is 19.3. The van der Waals surface area contributed by atoms with Crippen molar-refractivity contribution in [3.63, 3.8) is 0 Å². The van der Waals surface area contributed by atoms with Crippen LogP contribution >= 0.6 is 11.3 Å². The minimum absolute atomic E-state index is 0.0695. The van der Waals surface area contributed by atoms with Crippen molar-refractivity contribution in [2.24, 2.45) is 0 Å². The molecule has 2 heteroatoms. The number of anilines is 3. The summed E-state index contributed by atoms with van der Waals surface area (Å²) < 4.78 is 2.65. The minimum atomic E-state index is -0.0695. The van der Waals surface area contributed by atoms with Crippen molar-refractivity contribution >= 4 is 48.6 Å². The van der Waals surface area contributed by atoms with Crippen molar-refractivity contribution in [2.45, 2.75) is 56.8 Å². The molecule has 1 aromatic heterocycles. The van der Waals surface area contributed by atoms with E-state index in [9.17, 15) is 0 Å². The van der Waals surface area contributed by atoms with Gasteiger partial charge in [-0.05, 0) is 111 Å². The molecule has 3 aliphatic carbocycles. The third-order valence-corrected chi connectivity index (χ3v) is 14.0. The van der Waals surface area contributed by atoms with E-state index in [1.807, 2.05) is 11.3 Å². The van der Waals surface area contributed by atoms with Gasteiger partial charge in [0.25, 0.3) is 0 Å². The molecule has 7 aromatic carbocycles. The van der Waals surface area contributed by atoms with E-state index in [0.717, 1.165) is 0 Å². The number of hydrogen-bond acceptors (Lipinski definition) is 2. The summed E-state index contributed by atoms with van der Waals surface area (Å²) in [7, 11) is 0. The highest BCUT2D eigenvalue weighted by molar-refractivity contribution is 7.26. The van der Waals surface area contributed by atoms with Crippen LogP contribution in [-0.2, 0) is 10.8 Å². The van der Waals surface area contributed by atoms with Crippen molar-refractivity contribution in [1.82, 2.24) is 0 Å². The van der Waals surface area contributed by atoms with Crippen LogP contribution < -0.4 is 4.90 Å². The smallest absolute Gasteiger partial charge is 0.0554 e. The number of fused-ring (bicyclic) bond motifs is 11. The van der Waals surface area contributed by atoms with Gasteiger partial charge in [0.2, 0.25) is 0 Å². The average molecular weight is 700 g/mol. The van der Waals surface area contributed by atoms with Crippen LogP contribution in [0.1, 0.15) is 68.2 Å². The zero-order chi connectivity index (χ0) is 35.3. The van der Waals surface area contributed by atoms with E-state index < -0.39 is 0 Å². The lowest BCUT2D eigenvalue weighted by molar-refractivity contribution is 0.353. The summed E-state index contributed by atoms with van der Waals surface area (Å²) in [6.07, 6.45) is 6.35. The fourth-order valence-electron chi connectivity index (χ4n) is 10.5. The van der Waals surface area contributed by atoms with Crippen molar-refractivity contribution in [3.05, 3.63) is 174 Å². The molecule has 0 radical (unpaired) electrons. The van der Waals surface area contributed by atoms with Crippen LogP contribution in [0.2, 0.25) is 0 Å². The van der Waals surface area contributed by atoms with Crippen LogP contribution in [0.3, 0.4) is 0 Å². The van der Waals surface area contributed by atoms with E-state index in [2.05, 4.69) is 170 Å². The Morgan fingerprint density at radius 2 is 1.11 bits per heavy atom. The Labute approximate surface area is 316 Å². The van der Waals surface area contributed by atoms with Crippen LogP contribution in [0.25, 0.3) is 53.6 Å². The van der Waals surface area contributed by atoms with Gasteiger partial charge in [-0.1, -0.05) is 142 Å². The maximum atomic E-state index is 2.56. The van der Waals surface area contributed by atoms with E-state index in [4.69, 9.17) is 0 Å². The maximum absolute atomic E-state index is 2.56. The summed E-state index contributed by atoms with van der Waals surface area (Å²) in [5, 5.41) is 2.65. The van der Waals surface area contributed by atoms with Gasteiger partial charge in [-0.2, -0.15) is 0 Å². The summed E-state index contributed by atoms with van der Waals surface area (Å²) in [6, 6.07) is 57.6. The molecule has 1 fully saturated rings. The van der Waals surface area contributed by atoms with Crippen LogP contribution in [-0.4, -0.2) is 0 Å². The first-order valence-corrected chi connectivity index (χ1v) is 20.1. The Kier molecular flexibility index (Phi) is 6.77. The first-order chi connectivity index (χ1) is 26.0. The number of thiophene rings is 1. The van der Waals surface area contributed by atoms with Gasteiger partial charge in [0, 0.05) is 42.4 Å². The minimum Gasteiger partial charge on any atom is -0.310 e. The van der Waals surface area contributed by atoms with Gasteiger partial charge in [0.15, 0.2) is 0 Å². The number of nitrogens with zero attached hydrogens (tertiary/aromatic N) is 1. The van der Waals surface area contributed by atoms with Gasteiger partial charge in [-0.25, -0.2) is 0 Å². The predicted molar refractivity (Wildman–Crippen MR) is 226 cm³/mol. The second-order valence-electron chi connectivity index (χ2n) is 15.9. The SMILES string of the molecule is CC1(C)c2ccccc2-c2cccc(-c3ccc(N(c4ccc5c(c4)C4(CCCCC4)c4ccccc4-5)c4cccc5sc6ccccc6c45)cc3)c21. The standard InChI is InChI=1S/C51H41NS/c1-50(2)42-19-7-4-15-38(42)40-18-12-17-36(49(40)50)33-24-26-34(27-25-33)52(45-21-13-23-47-48(45)41-16-6-9-22-46(41)53-47)35-28-29-39-37-14-5-8-20-43(37)51(44(39)32-35)30-10-3-11-31-51/h4-9,12-29,32H,3,10-11,30-31H2,1-2H3. The van der Waals surface area contributed by atoms with Gasteiger partial charge in [0.1, 0.15) is 0 Å². The lowest BCUT2D eigenvalue weighted by atomic mass is 9.68. The van der Waals surface area contributed by atoms with E-state index in [1.165, 1.54) is 125 Å². The third kappa shape index (κ3) is 4.42. The van der Waals surface area contributed by atoms with E-state index in [1.54, 1.807) is 0 Å². The lowest BCUT2D eigenvalue weighted by Crippen LogP contribution is -2.28. The highest BCUT2D eigenvalue weighted by Gasteiger charge is 2.44. The normalized spacial score (nSPS) is 16.0. The summed E-state index contributed by atoms with van der Waals surface area (Å²) in [6.45, 7) is 4.77. The van der Waals surface area contributed by atoms with Crippen molar-refractivity contribution in [2.75, 3.05) is 4.90 Å². The zero-order valence-corrected chi connectivity index (χ0v) is 31.1. The second-order valence-corrected chi connectivity index (χ2v) is 17.0. The molecule has 256 valence electrons. The molecule has 0 bridgehead atoms. The van der Waals surface area contributed by atoms with Crippen LogP contribution in [0.4, 0.5) is 17.1 Å². The Hall–Kier alpha value is -5.44. The molecule has 0 N–H and O–H groups in total. The highest BCUT2D eigenvalue weighted by atomic mass is 32.1. The Balaban J connectivity index is 1.10.